The van der Waals surface area contributed by atoms with Gasteiger partial charge in [-0.2, -0.15) is 0 Å². The summed E-state index contributed by atoms with van der Waals surface area (Å²) in [4.78, 5) is 25.4. The molecule has 0 fully saturated rings. The van der Waals surface area contributed by atoms with Crippen molar-refractivity contribution in [2.24, 2.45) is 11.7 Å². The maximum absolute atomic E-state index is 11.8. The number of hydrogen-bond donors (Lipinski definition) is 2. The normalized spacial score (nSPS) is 14.1. The molecule has 3 N–H and O–H groups in total. The zero-order chi connectivity index (χ0) is 19.4. The maximum Gasteiger partial charge on any atom is 0.330 e. The molecule has 7 nitrogen and oxygen atoms in total. The summed E-state index contributed by atoms with van der Waals surface area (Å²) < 4.78 is 13.3. The van der Waals surface area contributed by atoms with Gasteiger partial charge < -0.3 is 14.9 Å². The van der Waals surface area contributed by atoms with E-state index in [0.29, 0.717) is 24.6 Å². The molecule has 1 unspecified atom stereocenters. The molecule has 1 aromatic rings. The van der Waals surface area contributed by atoms with E-state index in [1.54, 1.807) is 6.92 Å². The van der Waals surface area contributed by atoms with Crippen LogP contribution in [0, 0.1) is 12.8 Å². The van der Waals surface area contributed by atoms with E-state index in [1.807, 2.05) is 0 Å². The minimum Gasteiger partial charge on any atom is -0.414 e. The van der Waals surface area contributed by atoms with Crippen LogP contribution in [-0.2, 0) is 15.9 Å². The molecule has 1 atom stereocenters. The Kier molecular flexibility index (Phi) is 7.37. The number of aryl methyl sites for hydroxylation is 1. The molecule has 0 aliphatic heterocycles. The van der Waals surface area contributed by atoms with Gasteiger partial charge in [0.15, 0.2) is 8.32 Å². The van der Waals surface area contributed by atoms with Crippen LogP contribution in [0.2, 0.25) is 18.1 Å². The van der Waals surface area contributed by atoms with Crippen LogP contribution in [0.4, 0.5) is 0 Å². The van der Waals surface area contributed by atoms with Crippen LogP contribution in [0.25, 0.3) is 0 Å². The van der Waals surface area contributed by atoms with Crippen LogP contribution in [-0.4, -0.2) is 37.1 Å². The van der Waals surface area contributed by atoms with E-state index in [9.17, 15) is 9.59 Å². The molecule has 0 amide bonds. The van der Waals surface area contributed by atoms with E-state index in [2.05, 4.69) is 45.8 Å². The molecule has 1 rings (SSSR count). The van der Waals surface area contributed by atoms with Crippen molar-refractivity contribution < 1.29 is 9.16 Å². The number of hydrogen-bond acceptors (Lipinski definition) is 5. The molecule has 0 saturated carbocycles. The van der Waals surface area contributed by atoms with Gasteiger partial charge >= 0.3 is 5.69 Å². The highest BCUT2D eigenvalue weighted by Crippen LogP contribution is 2.44. The van der Waals surface area contributed by atoms with Crippen molar-refractivity contribution in [3.63, 3.8) is 0 Å². The van der Waals surface area contributed by atoms with E-state index in [-0.39, 0.29) is 23.4 Å². The Morgan fingerprint density at radius 2 is 1.92 bits per heavy atom. The zero-order valence-electron chi connectivity index (χ0n) is 16.5. The Hall–Kier alpha value is -1.22. The Morgan fingerprint density at radius 3 is 2.44 bits per heavy atom. The van der Waals surface area contributed by atoms with Crippen LogP contribution in [0.15, 0.2) is 15.8 Å². The van der Waals surface area contributed by atoms with Gasteiger partial charge in [0.25, 0.3) is 5.56 Å². The Balaban J connectivity index is 2.71. The molecule has 25 heavy (non-hydrogen) atoms. The van der Waals surface area contributed by atoms with Crippen LogP contribution < -0.4 is 17.0 Å². The predicted molar refractivity (Wildman–Crippen MR) is 102 cm³/mol. The second kappa shape index (κ2) is 8.44. The average Bonchev–Trinajstić information content (AvgIpc) is 2.51. The third-order valence-corrected chi connectivity index (χ3v) is 10.1. The zero-order valence-corrected chi connectivity index (χ0v) is 17.5. The van der Waals surface area contributed by atoms with E-state index in [1.165, 1.54) is 10.8 Å². The molecule has 1 aromatic heterocycles. The minimum absolute atomic E-state index is 0.0250. The van der Waals surface area contributed by atoms with Gasteiger partial charge in [0, 0.05) is 18.3 Å². The lowest BCUT2D eigenvalue weighted by molar-refractivity contribution is -0.0176. The number of aromatic nitrogens is 2. The Labute approximate surface area is 150 Å². The number of aromatic amines is 1. The minimum atomic E-state index is -1.96. The molecular weight excluding hydrogens is 338 g/mol. The molecule has 0 saturated heterocycles. The van der Waals surface area contributed by atoms with Crippen molar-refractivity contribution in [2.45, 2.75) is 65.6 Å². The highest BCUT2D eigenvalue weighted by Gasteiger charge is 2.43. The highest BCUT2D eigenvalue weighted by atomic mass is 28.4. The predicted octanol–water partition coefficient (Wildman–Crippen LogP) is 1.80. The summed E-state index contributed by atoms with van der Waals surface area (Å²) in [5, 5.41) is 0.110. The average molecular weight is 372 g/mol. The molecule has 0 aliphatic carbocycles. The van der Waals surface area contributed by atoms with Crippen molar-refractivity contribution in [1.82, 2.24) is 9.55 Å². The highest BCUT2D eigenvalue weighted by molar-refractivity contribution is 6.74. The molecule has 0 bridgehead atoms. The number of nitrogens with zero attached hydrogens (tertiary/aromatic N) is 1. The summed E-state index contributed by atoms with van der Waals surface area (Å²) in [6, 6.07) is 0. The van der Waals surface area contributed by atoms with Crippen LogP contribution in [0.3, 0.4) is 0 Å². The smallest absolute Gasteiger partial charge is 0.330 e. The topological polar surface area (TPSA) is 99.3 Å². The molecule has 144 valence electrons. The van der Waals surface area contributed by atoms with Gasteiger partial charge in [0.1, 0.15) is 6.73 Å². The summed E-state index contributed by atoms with van der Waals surface area (Å²) in [5.74, 6) is 0.508. The number of nitrogens with one attached hydrogen (secondary N) is 1. The lowest BCUT2D eigenvalue weighted by Crippen LogP contribution is -2.47. The standard InChI is InChI=1S/C17H33N3O4Si/c1-12(2)17(4,5)25(6,7)24-10-14(8-18)23-11-20-9-13(3)15(21)19-16(20)22/h9,12,14H,8,10-11,18H2,1-7H3,(H,19,21,22). The second-order valence-electron chi connectivity index (χ2n) is 7.89. The van der Waals surface area contributed by atoms with E-state index < -0.39 is 14.0 Å². The first-order valence-electron chi connectivity index (χ1n) is 8.68. The first-order valence-corrected chi connectivity index (χ1v) is 11.6. The van der Waals surface area contributed by atoms with Crippen molar-refractivity contribution in [3.8, 4) is 0 Å². The van der Waals surface area contributed by atoms with Crippen LogP contribution in [0.5, 0.6) is 0 Å². The Morgan fingerprint density at radius 1 is 1.32 bits per heavy atom. The van der Waals surface area contributed by atoms with Gasteiger partial charge in [-0.25, -0.2) is 4.79 Å². The number of nitrogens with two attached hydrogens (primary N) is 1. The van der Waals surface area contributed by atoms with Gasteiger partial charge in [0.2, 0.25) is 0 Å². The molecular formula is C17H33N3O4Si. The SMILES string of the molecule is Cc1cn(COC(CN)CO[Si](C)(C)C(C)(C)C(C)C)c(=O)[nH]c1=O. The molecule has 0 spiro atoms. The molecule has 1 heterocycles. The van der Waals surface area contributed by atoms with E-state index in [0.717, 1.165) is 0 Å². The largest absolute Gasteiger partial charge is 0.414 e. The van der Waals surface area contributed by atoms with Crippen molar-refractivity contribution in [1.29, 1.82) is 0 Å². The lowest BCUT2D eigenvalue weighted by Gasteiger charge is -2.43. The summed E-state index contributed by atoms with van der Waals surface area (Å²) >= 11 is 0. The number of H-pyrrole nitrogens is 1. The van der Waals surface area contributed by atoms with E-state index >= 15 is 0 Å². The summed E-state index contributed by atoms with van der Waals surface area (Å²) in [5.41, 5.74) is 5.36. The second-order valence-corrected chi connectivity index (χ2v) is 12.5. The first-order chi connectivity index (χ1) is 11.4. The van der Waals surface area contributed by atoms with Gasteiger partial charge in [-0.3, -0.25) is 14.3 Å². The fourth-order valence-electron chi connectivity index (χ4n) is 2.27. The molecule has 8 heteroatoms. The van der Waals surface area contributed by atoms with Crippen LogP contribution >= 0.6 is 0 Å². The monoisotopic (exact) mass is 371 g/mol. The number of ether oxygens (including phenoxy) is 1. The van der Waals surface area contributed by atoms with Gasteiger partial charge in [-0.05, 0) is 31.0 Å². The van der Waals surface area contributed by atoms with Crippen molar-refractivity contribution in [2.75, 3.05) is 13.2 Å². The quantitative estimate of drug-likeness (QED) is 0.645. The third-order valence-electron chi connectivity index (χ3n) is 5.53. The van der Waals surface area contributed by atoms with Gasteiger partial charge in [-0.1, -0.05) is 27.7 Å². The Bertz CT molecular complexity index is 679. The van der Waals surface area contributed by atoms with E-state index in [4.69, 9.17) is 14.9 Å². The van der Waals surface area contributed by atoms with Crippen molar-refractivity contribution >= 4 is 8.32 Å². The van der Waals surface area contributed by atoms with Crippen LogP contribution in [0.1, 0.15) is 33.3 Å². The molecule has 0 aromatic carbocycles. The first kappa shape index (κ1) is 21.8. The summed E-state index contributed by atoms with van der Waals surface area (Å²) in [6.45, 7) is 15.7. The lowest BCUT2D eigenvalue weighted by atomic mass is 9.99. The molecule has 0 aliphatic rings. The fraction of sp³-hybridized carbons (Fsp3) is 0.765. The van der Waals surface area contributed by atoms with Gasteiger partial charge in [0.05, 0.1) is 12.7 Å². The summed E-state index contributed by atoms with van der Waals surface area (Å²) in [6.07, 6.45) is 1.17. The third kappa shape index (κ3) is 5.37. The number of rotatable bonds is 9. The maximum atomic E-state index is 11.8. The van der Waals surface area contributed by atoms with Gasteiger partial charge in [-0.15, -0.1) is 0 Å². The molecule has 0 radical (unpaired) electrons. The van der Waals surface area contributed by atoms with Crippen molar-refractivity contribution in [3.05, 3.63) is 32.6 Å². The fourth-order valence-corrected chi connectivity index (χ4v) is 4.63. The summed E-state index contributed by atoms with van der Waals surface area (Å²) in [7, 11) is -1.96.